The highest BCUT2D eigenvalue weighted by Crippen LogP contribution is 2.36. The van der Waals surface area contributed by atoms with Crippen LogP contribution in [0.3, 0.4) is 0 Å². The van der Waals surface area contributed by atoms with Crippen LogP contribution in [0.2, 0.25) is 10.0 Å². The standard InChI is InChI=1S/C19H17Cl2N3O3S/c1-10(2)23-19-24(22-8-11-3-6-16(25)18(27)17(11)26)15(9-28-19)13-7-12(20)4-5-14(13)21/h3-10,25-27H,1-2H3. The molecule has 0 aliphatic rings. The number of hydrogen-bond donors (Lipinski definition) is 3. The minimum atomic E-state index is -0.607. The maximum Gasteiger partial charge on any atom is 0.206 e. The van der Waals surface area contributed by atoms with Gasteiger partial charge in [0.1, 0.15) is 0 Å². The zero-order valence-electron chi connectivity index (χ0n) is 15.0. The molecule has 3 rings (SSSR count). The Bertz CT molecular complexity index is 1120. The molecule has 1 heterocycles. The summed E-state index contributed by atoms with van der Waals surface area (Å²) in [6.07, 6.45) is 1.36. The SMILES string of the molecule is CC(C)N=c1scc(-c2cc(Cl)ccc2Cl)n1N=Cc1ccc(O)c(O)c1O. The first kappa shape index (κ1) is 20.3. The molecule has 6 nitrogen and oxygen atoms in total. The van der Waals surface area contributed by atoms with E-state index in [0.717, 1.165) is 0 Å². The van der Waals surface area contributed by atoms with Crippen LogP contribution < -0.4 is 4.80 Å². The second-order valence-electron chi connectivity index (χ2n) is 6.18. The molecule has 0 unspecified atom stereocenters. The van der Waals surface area contributed by atoms with Gasteiger partial charge in [-0.25, -0.2) is 4.68 Å². The van der Waals surface area contributed by atoms with Gasteiger partial charge in [-0.2, -0.15) is 5.10 Å². The normalized spacial score (nSPS) is 12.4. The van der Waals surface area contributed by atoms with E-state index in [2.05, 4.69) is 10.1 Å². The molecule has 9 heteroatoms. The van der Waals surface area contributed by atoms with E-state index < -0.39 is 17.2 Å². The van der Waals surface area contributed by atoms with Crippen LogP contribution in [0, 0.1) is 0 Å². The lowest BCUT2D eigenvalue weighted by atomic mass is 10.2. The van der Waals surface area contributed by atoms with E-state index >= 15 is 0 Å². The molecule has 0 aliphatic carbocycles. The molecule has 0 saturated carbocycles. The van der Waals surface area contributed by atoms with Crippen molar-refractivity contribution in [3.05, 3.63) is 56.1 Å². The Morgan fingerprint density at radius 1 is 1.07 bits per heavy atom. The number of aromatic hydroxyl groups is 3. The van der Waals surface area contributed by atoms with E-state index in [0.29, 0.717) is 26.1 Å². The molecule has 0 fully saturated rings. The summed E-state index contributed by atoms with van der Waals surface area (Å²) in [6, 6.07) is 7.88. The van der Waals surface area contributed by atoms with E-state index in [-0.39, 0.29) is 11.6 Å². The van der Waals surface area contributed by atoms with Crippen molar-refractivity contribution in [3.8, 4) is 28.5 Å². The second-order valence-corrected chi connectivity index (χ2v) is 7.86. The monoisotopic (exact) mass is 437 g/mol. The number of thiazole rings is 1. The highest BCUT2D eigenvalue weighted by molar-refractivity contribution is 7.07. The molecule has 0 atom stereocenters. The molecule has 2 aromatic carbocycles. The maximum absolute atomic E-state index is 10.0. The van der Waals surface area contributed by atoms with Crippen molar-refractivity contribution in [3.63, 3.8) is 0 Å². The molecule has 3 aromatic rings. The zero-order chi connectivity index (χ0) is 20.4. The number of aromatic nitrogens is 1. The highest BCUT2D eigenvalue weighted by Gasteiger charge is 2.13. The lowest BCUT2D eigenvalue weighted by Crippen LogP contribution is -2.14. The summed E-state index contributed by atoms with van der Waals surface area (Å²) in [5, 5.41) is 36.5. The van der Waals surface area contributed by atoms with Crippen molar-refractivity contribution in [2.24, 2.45) is 10.1 Å². The maximum atomic E-state index is 10.0. The third-order valence-electron chi connectivity index (χ3n) is 3.73. The van der Waals surface area contributed by atoms with Crippen LogP contribution in [0.4, 0.5) is 0 Å². The third kappa shape index (κ3) is 4.16. The molecule has 146 valence electrons. The van der Waals surface area contributed by atoms with Crippen LogP contribution in [0.15, 0.2) is 45.8 Å². The summed E-state index contributed by atoms with van der Waals surface area (Å²) in [4.78, 5) is 5.19. The number of rotatable bonds is 4. The summed E-state index contributed by atoms with van der Waals surface area (Å²) in [7, 11) is 0. The van der Waals surface area contributed by atoms with Gasteiger partial charge >= 0.3 is 0 Å². The molecular formula is C19H17Cl2N3O3S. The second kappa shape index (κ2) is 8.26. The molecule has 1 aromatic heterocycles. The minimum Gasteiger partial charge on any atom is -0.504 e. The largest absolute Gasteiger partial charge is 0.504 e. The van der Waals surface area contributed by atoms with E-state index in [9.17, 15) is 15.3 Å². The van der Waals surface area contributed by atoms with Gasteiger partial charge < -0.3 is 15.3 Å². The van der Waals surface area contributed by atoms with Crippen molar-refractivity contribution >= 4 is 40.8 Å². The van der Waals surface area contributed by atoms with Gasteiger partial charge in [-0.15, -0.1) is 11.3 Å². The first-order valence-electron chi connectivity index (χ1n) is 8.26. The van der Waals surface area contributed by atoms with Gasteiger partial charge in [0.15, 0.2) is 11.5 Å². The lowest BCUT2D eigenvalue weighted by molar-refractivity contribution is 0.367. The van der Waals surface area contributed by atoms with Crippen LogP contribution in [0.1, 0.15) is 19.4 Å². The van der Waals surface area contributed by atoms with Gasteiger partial charge in [0, 0.05) is 27.6 Å². The van der Waals surface area contributed by atoms with Gasteiger partial charge in [-0.3, -0.25) is 4.99 Å². The fourth-order valence-electron chi connectivity index (χ4n) is 2.41. The average molecular weight is 438 g/mol. The predicted octanol–water partition coefficient (Wildman–Crippen LogP) is 4.83. The number of benzene rings is 2. The third-order valence-corrected chi connectivity index (χ3v) is 5.13. The van der Waals surface area contributed by atoms with Crippen LogP contribution in [-0.2, 0) is 0 Å². The quantitative estimate of drug-likeness (QED) is 0.403. The Balaban J connectivity index is 2.17. The first-order chi connectivity index (χ1) is 13.3. The molecule has 28 heavy (non-hydrogen) atoms. The van der Waals surface area contributed by atoms with Crippen LogP contribution in [0.5, 0.6) is 17.2 Å². The van der Waals surface area contributed by atoms with Crippen LogP contribution in [-0.4, -0.2) is 32.3 Å². The Morgan fingerprint density at radius 3 is 2.54 bits per heavy atom. The van der Waals surface area contributed by atoms with E-state index in [4.69, 9.17) is 23.2 Å². The molecule has 0 bridgehead atoms. The summed E-state index contributed by atoms with van der Waals surface area (Å²) in [5.74, 6) is -1.49. The molecule has 0 radical (unpaired) electrons. The Hall–Kier alpha value is -2.48. The molecule has 3 N–H and O–H groups in total. The van der Waals surface area contributed by atoms with Gasteiger partial charge in [0.05, 0.1) is 16.9 Å². The van der Waals surface area contributed by atoms with Crippen molar-refractivity contribution < 1.29 is 15.3 Å². The van der Waals surface area contributed by atoms with Crippen molar-refractivity contribution in [2.45, 2.75) is 19.9 Å². The first-order valence-corrected chi connectivity index (χ1v) is 9.89. The van der Waals surface area contributed by atoms with Crippen LogP contribution in [0.25, 0.3) is 11.3 Å². The molecule has 0 amide bonds. The summed E-state index contributed by atoms with van der Waals surface area (Å²) >= 11 is 13.9. The summed E-state index contributed by atoms with van der Waals surface area (Å²) < 4.78 is 1.59. The molecule has 0 spiro atoms. The number of phenolic OH excluding ortho intramolecular Hbond substituents is 3. The van der Waals surface area contributed by atoms with E-state index in [1.54, 1.807) is 22.9 Å². The Labute approximate surface area is 175 Å². The van der Waals surface area contributed by atoms with Crippen molar-refractivity contribution in [1.29, 1.82) is 0 Å². The predicted molar refractivity (Wildman–Crippen MR) is 113 cm³/mol. The van der Waals surface area contributed by atoms with E-state index in [1.807, 2.05) is 19.2 Å². The van der Waals surface area contributed by atoms with Crippen molar-refractivity contribution in [1.82, 2.24) is 4.68 Å². The molecule has 0 saturated heterocycles. The molecular weight excluding hydrogens is 421 g/mol. The van der Waals surface area contributed by atoms with Gasteiger partial charge in [0.2, 0.25) is 10.6 Å². The summed E-state index contributed by atoms with van der Waals surface area (Å²) in [6.45, 7) is 3.90. The number of phenols is 3. The average Bonchev–Trinajstić information content (AvgIpc) is 3.03. The smallest absolute Gasteiger partial charge is 0.206 e. The topological polar surface area (TPSA) is 90.3 Å². The lowest BCUT2D eigenvalue weighted by Gasteiger charge is -2.07. The van der Waals surface area contributed by atoms with Gasteiger partial charge in [0.25, 0.3) is 0 Å². The number of nitrogens with zero attached hydrogens (tertiary/aromatic N) is 3. The summed E-state index contributed by atoms with van der Waals surface area (Å²) in [5.41, 5.74) is 1.59. The van der Waals surface area contributed by atoms with Gasteiger partial charge in [-0.1, -0.05) is 23.2 Å². The van der Waals surface area contributed by atoms with Crippen LogP contribution >= 0.6 is 34.5 Å². The fraction of sp³-hybridized carbons (Fsp3) is 0.158. The van der Waals surface area contributed by atoms with E-state index in [1.165, 1.54) is 29.7 Å². The number of hydrogen-bond acceptors (Lipinski definition) is 6. The highest BCUT2D eigenvalue weighted by atomic mass is 35.5. The Morgan fingerprint density at radius 2 is 1.82 bits per heavy atom. The Kier molecular flexibility index (Phi) is 5.98. The zero-order valence-corrected chi connectivity index (χ0v) is 17.3. The van der Waals surface area contributed by atoms with Crippen molar-refractivity contribution in [2.75, 3.05) is 0 Å². The van der Waals surface area contributed by atoms with Gasteiger partial charge in [-0.05, 0) is 44.2 Å². The minimum absolute atomic E-state index is 0.0360. The number of halogens is 2. The molecule has 0 aliphatic heterocycles. The fourth-order valence-corrected chi connectivity index (χ4v) is 3.76.